The van der Waals surface area contributed by atoms with E-state index in [9.17, 15) is 4.79 Å². The van der Waals surface area contributed by atoms with E-state index in [1.807, 2.05) is 42.5 Å². The van der Waals surface area contributed by atoms with E-state index in [2.05, 4.69) is 15.9 Å². The lowest BCUT2D eigenvalue weighted by molar-refractivity contribution is 0.777. The largest absolute Gasteiger partial charge is 0.311 e. The van der Waals surface area contributed by atoms with E-state index in [1.54, 1.807) is 22.9 Å². The van der Waals surface area contributed by atoms with Crippen molar-refractivity contribution in [3.63, 3.8) is 0 Å². The predicted molar refractivity (Wildman–Crippen MR) is 73.9 cm³/mol. The summed E-state index contributed by atoms with van der Waals surface area (Å²) >= 11 is 3.35. The molecule has 0 saturated heterocycles. The first-order chi connectivity index (χ1) is 8.25. The Labute approximate surface area is 108 Å². The summed E-state index contributed by atoms with van der Waals surface area (Å²) < 4.78 is 2.56. The smallest absolute Gasteiger partial charge is 0.250 e. The fourth-order valence-corrected chi connectivity index (χ4v) is 1.89. The summed E-state index contributed by atoms with van der Waals surface area (Å²) in [5, 5.41) is 0. The highest BCUT2D eigenvalue weighted by atomic mass is 79.9. The Morgan fingerprint density at radius 3 is 2.65 bits per heavy atom. The number of rotatable bonds is 3. The molecule has 2 rings (SSSR count). The number of aromatic nitrogens is 1. The van der Waals surface area contributed by atoms with Gasteiger partial charge in [-0.3, -0.25) is 4.79 Å². The van der Waals surface area contributed by atoms with Crippen LogP contribution in [-0.4, -0.2) is 4.57 Å². The van der Waals surface area contributed by atoms with Gasteiger partial charge < -0.3 is 4.57 Å². The number of halogens is 1. The number of pyridine rings is 1. The minimum atomic E-state index is 0.00547. The second-order valence-electron chi connectivity index (χ2n) is 3.65. The van der Waals surface area contributed by atoms with Crippen LogP contribution >= 0.6 is 15.9 Å². The maximum Gasteiger partial charge on any atom is 0.250 e. The Kier molecular flexibility index (Phi) is 3.94. The Bertz CT molecular complexity index is 572. The topological polar surface area (TPSA) is 22.0 Å². The normalized spacial score (nSPS) is 10.9. The van der Waals surface area contributed by atoms with Gasteiger partial charge in [0.25, 0.3) is 5.56 Å². The maximum absolute atomic E-state index is 11.5. The van der Waals surface area contributed by atoms with Crippen molar-refractivity contribution in [2.24, 2.45) is 0 Å². The minimum absolute atomic E-state index is 0.00547. The van der Waals surface area contributed by atoms with Crippen LogP contribution in [0.4, 0.5) is 0 Å². The predicted octanol–water partition coefficient (Wildman–Crippen LogP) is 3.32. The van der Waals surface area contributed by atoms with Crippen molar-refractivity contribution in [2.45, 2.75) is 6.54 Å². The van der Waals surface area contributed by atoms with E-state index < -0.39 is 0 Å². The molecule has 0 fully saturated rings. The molecular formula is C14H12BrNO. The summed E-state index contributed by atoms with van der Waals surface area (Å²) in [6.07, 6.45) is 5.77. The van der Waals surface area contributed by atoms with Gasteiger partial charge in [-0.05, 0) is 27.6 Å². The molecule has 3 heteroatoms. The van der Waals surface area contributed by atoms with Crippen LogP contribution in [0.1, 0.15) is 5.56 Å². The van der Waals surface area contributed by atoms with Crippen LogP contribution in [0, 0.1) is 0 Å². The molecule has 0 amide bonds. The van der Waals surface area contributed by atoms with Crippen molar-refractivity contribution in [1.29, 1.82) is 0 Å². The van der Waals surface area contributed by atoms with Gasteiger partial charge in [-0.2, -0.15) is 0 Å². The van der Waals surface area contributed by atoms with Gasteiger partial charge >= 0.3 is 0 Å². The molecule has 0 radical (unpaired) electrons. The number of hydrogen-bond donors (Lipinski definition) is 0. The molecule has 1 aromatic heterocycles. The number of hydrogen-bond acceptors (Lipinski definition) is 1. The fraction of sp³-hybridized carbons (Fsp3) is 0.0714. The Morgan fingerprint density at radius 1 is 1.12 bits per heavy atom. The Hall–Kier alpha value is -1.61. The average Bonchev–Trinajstić information content (AvgIpc) is 2.35. The molecule has 2 nitrogen and oxygen atoms in total. The molecule has 0 unspecified atom stereocenters. The molecule has 86 valence electrons. The van der Waals surface area contributed by atoms with Gasteiger partial charge in [0.2, 0.25) is 0 Å². The summed E-state index contributed by atoms with van der Waals surface area (Å²) in [5.74, 6) is 0. The minimum Gasteiger partial charge on any atom is -0.311 e. The van der Waals surface area contributed by atoms with Gasteiger partial charge in [0.1, 0.15) is 0 Å². The summed E-state index contributed by atoms with van der Waals surface area (Å²) in [4.78, 5) is 11.5. The lowest BCUT2D eigenvalue weighted by atomic mass is 10.2. The quantitative estimate of drug-likeness (QED) is 0.850. The zero-order chi connectivity index (χ0) is 12.1. The van der Waals surface area contributed by atoms with Crippen LogP contribution < -0.4 is 5.56 Å². The first-order valence-corrected chi connectivity index (χ1v) is 6.12. The van der Waals surface area contributed by atoms with Gasteiger partial charge in [-0.15, -0.1) is 0 Å². The van der Waals surface area contributed by atoms with Crippen molar-refractivity contribution >= 4 is 22.0 Å². The van der Waals surface area contributed by atoms with Crippen LogP contribution in [0.2, 0.25) is 0 Å². The van der Waals surface area contributed by atoms with Gasteiger partial charge in [-0.1, -0.05) is 42.5 Å². The van der Waals surface area contributed by atoms with Crippen LogP contribution in [0.5, 0.6) is 0 Å². The molecule has 0 bridgehead atoms. The lowest BCUT2D eigenvalue weighted by Gasteiger charge is -2.01. The van der Waals surface area contributed by atoms with Crippen LogP contribution in [0.3, 0.4) is 0 Å². The molecule has 1 heterocycles. The molecule has 0 aliphatic carbocycles. The van der Waals surface area contributed by atoms with Gasteiger partial charge in [-0.25, -0.2) is 0 Å². The summed E-state index contributed by atoms with van der Waals surface area (Å²) in [5.41, 5.74) is 1.14. The van der Waals surface area contributed by atoms with E-state index in [0.717, 1.165) is 10.0 Å². The zero-order valence-electron chi connectivity index (χ0n) is 9.21. The van der Waals surface area contributed by atoms with E-state index in [0.29, 0.717) is 6.54 Å². The van der Waals surface area contributed by atoms with Crippen molar-refractivity contribution in [1.82, 2.24) is 4.57 Å². The number of nitrogens with zero attached hydrogens (tertiary/aromatic N) is 1. The average molecular weight is 290 g/mol. The van der Waals surface area contributed by atoms with Crippen molar-refractivity contribution in [3.8, 4) is 0 Å². The molecule has 0 saturated carbocycles. The van der Waals surface area contributed by atoms with Crippen molar-refractivity contribution in [3.05, 3.63) is 75.1 Å². The van der Waals surface area contributed by atoms with E-state index in [1.165, 1.54) is 0 Å². The molecule has 0 N–H and O–H groups in total. The van der Waals surface area contributed by atoms with E-state index in [-0.39, 0.29) is 5.56 Å². The van der Waals surface area contributed by atoms with Crippen molar-refractivity contribution in [2.75, 3.05) is 0 Å². The molecule has 1 aromatic carbocycles. The molecule has 0 atom stereocenters. The van der Waals surface area contributed by atoms with E-state index in [4.69, 9.17) is 0 Å². The standard InChI is InChI=1S/C14H12BrNO/c15-13-8-9-14(17)16(11-13)10-4-7-12-5-2-1-3-6-12/h1-9,11H,10H2/b7-4+. The second-order valence-corrected chi connectivity index (χ2v) is 4.57. The SMILES string of the molecule is O=c1ccc(Br)cn1C/C=C/c1ccccc1. The van der Waals surface area contributed by atoms with Crippen molar-refractivity contribution < 1.29 is 0 Å². The third-order valence-electron chi connectivity index (χ3n) is 2.36. The third kappa shape index (κ3) is 3.43. The van der Waals surface area contributed by atoms with Crippen LogP contribution in [-0.2, 0) is 6.54 Å². The molecule has 17 heavy (non-hydrogen) atoms. The molecular weight excluding hydrogens is 278 g/mol. The molecule has 2 aromatic rings. The summed E-state index contributed by atoms with van der Waals surface area (Å²) in [7, 11) is 0. The van der Waals surface area contributed by atoms with E-state index >= 15 is 0 Å². The summed E-state index contributed by atoms with van der Waals surface area (Å²) in [6.45, 7) is 0.577. The van der Waals surface area contributed by atoms with Gasteiger partial charge in [0.05, 0.1) is 0 Å². The first-order valence-electron chi connectivity index (χ1n) is 5.33. The second kappa shape index (κ2) is 5.64. The number of benzene rings is 1. The molecule has 0 aliphatic heterocycles. The zero-order valence-corrected chi connectivity index (χ0v) is 10.8. The highest BCUT2D eigenvalue weighted by molar-refractivity contribution is 9.10. The number of allylic oxidation sites excluding steroid dienone is 1. The third-order valence-corrected chi connectivity index (χ3v) is 2.83. The highest BCUT2D eigenvalue weighted by Gasteiger charge is 1.93. The highest BCUT2D eigenvalue weighted by Crippen LogP contribution is 2.05. The Balaban J connectivity index is 2.10. The van der Waals surface area contributed by atoms with Crippen LogP contribution in [0.25, 0.3) is 6.08 Å². The first kappa shape index (κ1) is 11.9. The maximum atomic E-state index is 11.5. The monoisotopic (exact) mass is 289 g/mol. The van der Waals surface area contributed by atoms with Gasteiger partial charge in [0.15, 0.2) is 0 Å². The molecule has 0 aliphatic rings. The molecule has 0 spiro atoms. The summed E-state index contributed by atoms with van der Waals surface area (Å²) in [6, 6.07) is 13.3. The van der Waals surface area contributed by atoms with Crippen LogP contribution in [0.15, 0.2) is 64.0 Å². The van der Waals surface area contributed by atoms with Gasteiger partial charge in [0, 0.05) is 23.3 Å². The Morgan fingerprint density at radius 2 is 1.88 bits per heavy atom. The lowest BCUT2D eigenvalue weighted by Crippen LogP contribution is -2.17. The fourth-order valence-electron chi connectivity index (χ4n) is 1.51.